The molecule has 2 aliphatic rings. The maximum Gasteiger partial charge on any atom is 0.132 e. The molecule has 1 aromatic heterocycles. The van der Waals surface area contributed by atoms with Crippen molar-refractivity contribution in [1.29, 1.82) is 0 Å². The number of anilines is 1. The van der Waals surface area contributed by atoms with Crippen LogP contribution in [-0.4, -0.2) is 42.8 Å². The van der Waals surface area contributed by atoms with E-state index in [0.717, 1.165) is 64.3 Å². The van der Waals surface area contributed by atoms with Crippen LogP contribution in [0.2, 0.25) is 0 Å². The molecule has 25 heavy (non-hydrogen) atoms. The second kappa shape index (κ2) is 7.50. The van der Waals surface area contributed by atoms with E-state index in [2.05, 4.69) is 50.9 Å². The van der Waals surface area contributed by atoms with Gasteiger partial charge in [0.25, 0.3) is 0 Å². The van der Waals surface area contributed by atoms with Crippen molar-refractivity contribution in [3.8, 4) is 0 Å². The molecule has 1 fully saturated rings. The van der Waals surface area contributed by atoms with Crippen molar-refractivity contribution < 1.29 is 4.74 Å². The highest BCUT2D eigenvalue weighted by Crippen LogP contribution is 2.35. The zero-order chi connectivity index (χ0) is 17.0. The topological polar surface area (TPSA) is 59.1 Å². The Labute approximate surface area is 149 Å². The van der Waals surface area contributed by atoms with Crippen LogP contribution in [-0.2, 0) is 23.0 Å². The summed E-state index contributed by atoms with van der Waals surface area (Å²) >= 11 is 0. The van der Waals surface area contributed by atoms with Crippen molar-refractivity contribution in [3.63, 3.8) is 0 Å². The summed E-state index contributed by atoms with van der Waals surface area (Å²) in [7, 11) is 0. The zero-order valence-electron chi connectivity index (χ0n) is 14.6. The molecular weight excluding hydrogens is 312 g/mol. The second-order valence-electron chi connectivity index (χ2n) is 7.01. The van der Waals surface area contributed by atoms with Gasteiger partial charge in [-0.2, -0.15) is 0 Å². The molecule has 132 valence electrons. The molecule has 2 N–H and O–H groups in total. The lowest BCUT2D eigenvalue weighted by molar-refractivity contribution is 0.0543. The van der Waals surface area contributed by atoms with Crippen molar-refractivity contribution >= 4 is 5.82 Å². The Morgan fingerprint density at radius 2 is 1.84 bits per heavy atom. The van der Waals surface area contributed by atoms with Crippen LogP contribution in [0, 0.1) is 0 Å². The van der Waals surface area contributed by atoms with Crippen molar-refractivity contribution in [2.75, 3.05) is 38.2 Å². The number of nitrogens with one attached hydrogen (secondary N) is 2. The van der Waals surface area contributed by atoms with Gasteiger partial charge in [0.15, 0.2) is 0 Å². The first-order chi connectivity index (χ1) is 12.4. The fourth-order valence-corrected chi connectivity index (χ4v) is 4.00. The quantitative estimate of drug-likeness (QED) is 0.896. The van der Waals surface area contributed by atoms with E-state index in [4.69, 9.17) is 4.74 Å². The summed E-state index contributed by atoms with van der Waals surface area (Å²) in [6.45, 7) is 4.52. The van der Waals surface area contributed by atoms with E-state index in [9.17, 15) is 0 Å². The van der Waals surface area contributed by atoms with Gasteiger partial charge in [-0.25, -0.2) is 9.97 Å². The molecule has 3 heterocycles. The third kappa shape index (κ3) is 3.53. The van der Waals surface area contributed by atoms with Gasteiger partial charge < -0.3 is 15.4 Å². The van der Waals surface area contributed by atoms with Gasteiger partial charge in [-0.3, -0.25) is 0 Å². The minimum atomic E-state index is 0.111. The van der Waals surface area contributed by atoms with Crippen LogP contribution in [0.5, 0.6) is 0 Å². The van der Waals surface area contributed by atoms with Crippen LogP contribution in [0.3, 0.4) is 0 Å². The number of hydrogen-bond donors (Lipinski definition) is 2. The Hall–Kier alpha value is -1.98. The van der Waals surface area contributed by atoms with E-state index in [-0.39, 0.29) is 5.41 Å². The van der Waals surface area contributed by atoms with Crippen molar-refractivity contribution in [1.82, 2.24) is 15.3 Å². The molecule has 0 radical (unpaired) electrons. The molecule has 2 aliphatic heterocycles. The van der Waals surface area contributed by atoms with Gasteiger partial charge in [0.05, 0.1) is 5.69 Å². The number of rotatable bonds is 4. The number of nitrogens with zero attached hydrogens (tertiary/aromatic N) is 2. The van der Waals surface area contributed by atoms with Crippen LogP contribution >= 0.6 is 0 Å². The molecular formula is C20H26N4O. The number of aromatic nitrogens is 2. The van der Waals surface area contributed by atoms with E-state index >= 15 is 0 Å². The van der Waals surface area contributed by atoms with Gasteiger partial charge >= 0.3 is 0 Å². The number of ether oxygens (including phenoxy) is 1. The molecule has 0 amide bonds. The summed E-state index contributed by atoms with van der Waals surface area (Å²) in [6.07, 6.45) is 5.74. The van der Waals surface area contributed by atoms with E-state index in [1.807, 2.05) is 0 Å². The smallest absolute Gasteiger partial charge is 0.132 e. The highest BCUT2D eigenvalue weighted by atomic mass is 16.5. The highest BCUT2D eigenvalue weighted by molar-refractivity contribution is 5.47. The Bertz CT molecular complexity index is 698. The molecule has 0 aliphatic carbocycles. The fraction of sp³-hybridized carbons (Fsp3) is 0.500. The average Bonchev–Trinajstić information content (AvgIpc) is 2.94. The largest absolute Gasteiger partial charge is 0.381 e. The molecule has 1 aromatic carbocycles. The Morgan fingerprint density at radius 1 is 1.04 bits per heavy atom. The normalized spacial score (nSPS) is 19.7. The number of fused-ring (bicyclic) bond motifs is 1. The van der Waals surface area contributed by atoms with Gasteiger partial charge in [0.2, 0.25) is 0 Å². The molecule has 0 bridgehead atoms. The minimum absolute atomic E-state index is 0.111. The van der Waals surface area contributed by atoms with Crippen molar-refractivity contribution in [2.24, 2.45) is 0 Å². The predicted molar refractivity (Wildman–Crippen MR) is 99.0 cm³/mol. The average molecular weight is 338 g/mol. The summed E-state index contributed by atoms with van der Waals surface area (Å²) in [5, 5.41) is 7.12. The van der Waals surface area contributed by atoms with E-state index < -0.39 is 0 Å². The third-order valence-electron chi connectivity index (χ3n) is 5.56. The molecule has 4 rings (SSSR count). The molecule has 0 spiro atoms. The summed E-state index contributed by atoms with van der Waals surface area (Å²) in [4.78, 5) is 9.06. The minimum Gasteiger partial charge on any atom is -0.381 e. The maximum absolute atomic E-state index is 5.64. The van der Waals surface area contributed by atoms with Gasteiger partial charge in [-0.05, 0) is 31.4 Å². The Morgan fingerprint density at radius 3 is 2.68 bits per heavy atom. The monoisotopic (exact) mass is 338 g/mol. The van der Waals surface area contributed by atoms with E-state index in [0.29, 0.717) is 0 Å². The molecule has 5 nitrogen and oxygen atoms in total. The highest BCUT2D eigenvalue weighted by Gasteiger charge is 2.34. The molecule has 0 unspecified atom stereocenters. The van der Waals surface area contributed by atoms with E-state index in [1.54, 1.807) is 6.33 Å². The van der Waals surface area contributed by atoms with Crippen LogP contribution in [0.1, 0.15) is 29.7 Å². The molecule has 0 saturated carbocycles. The van der Waals surface area contributed by atoms with Crippen molar-refractivity contribution in [3.05, 3.63) is 53.5 Å². The van der Waals surface area contributed by atoms with Gasteiger partial charge in [0, 0.05) is 43.7 Å². The standard InChI is InChI=1S/C20H26N4O/c1-2-4-16(5-3-1)20(8-12-25-13-9-20)14-22-19-17-6-10-21-11-7-18(17)23-15-24-19/h1-5,15,21H,6-14H2,(H,22,23,24). The summed E-state index contributed by atoms with van der Waals surface area (Å²) < 4.78 is 5.64. The molecule has 5 heteroatoms. The Kier molecular flexibility index (Phi) is 4.95. The summed E-state index contributed by atoms with van der Waals surface area (Å²) in [5.74, 6) is 1.01. The van der Waals surface area contributed by atoms with Gasteiger partial charge in [-0.1, -0.05) is 30.3 Å². The van der Waals surface area contributed by atoms with E-state index in [1.165, 1.54) is 16.8 Å². The second-order valence-corrected chi connectivity index (χ2v) is 7.01. The molecule has 2 aromatic rings. The number of hydrogen-bond acceptors (Lipinski definition) is 5. The Balaban J connectivity index is 1.58. The third-order valence-corrected chi connectivity index (χ3v) is 5.56. The summed E-state index contributed by atoms with van der Waals surface area (Å²) in [6, 6.07) is 10.8. The lowest BCUT2D eigenvalue weighted by Gasteiger charge is -2.38. The number of benzene rings is 1. The first-order valence-corrected chi connectivity index (χ1v) is 9.28. The van der Waals surface area contributed by atoms with Crippen LogP contribution in [0.4, 0.5) is 5.82 Å². The zero-order valence-corrected chi connectivity index (χ0v) is 14.6. The van der Waals surface area contributed by atoms with Crippen LogP contribution < -0.4 is 10.6 Å². The van der Waals surface area contributed by atoms with Crippen LogP contribution in [0.25, 0.3) is 0 Å². The lowest BCUT2D eigenvalue weighted by Crippen LogP contribution is -2.40. The van der Waals surface area contributed by atoms with Gasteiger partial charge in [0.1, 0.15) is 12.1 Å². The van der Waals surface area contributed by atoms with Crippen molar-refractivity contribution in [2.45, 2.75) is 31.1 Å². The molecule has 0 atom stereocenters. The maximum atomic E-state index is 5.64. The summed E-state index contributed by atoms with van der Waals surface area (Å²) in [5.41, 5.74) is 3.97. The molecule has 1 saturated heterocycles. The van der Waals surface area contributed by atoms with Crippen LogP contribution in [0.15, 0.2) is 36.7 Å². The SMILES string of the molecule is c1ccc(C2(CNc3ncnc4c3CCNCC4)CCOCC2)cc1. The first-order valence-electron chi connectivity index (χ1n) is 9.28. The first kappa shape index (κ1) is 16.5. The fourth-order valence-electron chi connectivity index (χ4n) is 4.00. The predicted octanol–water partition coefficient (Wildman–Crippen LogP) is 2.33. The lowest BCUT2D eigenvalue weighted by atomic mass is 9.74. The van der Waals surface area contributed by atoms with Gasteiger partial charge in [-0.15, -0.1) is 0 Å².